The predicted molar refractivity (Wildman–Crippen MR) is 125 cm³/mol. The van der Waals surface area contributed by atoms with E-state index in [9.17, 15) is 9.59 Å². The van der Waals surface area contributed by atoms with Crippen LogP contribution in [-0.4, -0.2) is 81.6 Å². The molecule has 0 saturated carbocycles. The van der Waals surface area contributed by atoms with Crippen LogP contribution in [0.3, 0.4) is 0 Å². The highest BCUT2D eigenvalue weighted by Gasteiger charge is 2.25. The molecule has 4 rings (SSSR count). The fraction of sp³-hybridized carbons (Fsp3) is 0.417. The maximum Gasteiger partial charge on any atom is 0.409 e. The molecule has 2 aromatic carbocycles. The molecule has 0 aliphatic carbocycles. The molecule has 0 atom stereocenters. The normalized spacial score (nSPS) is 20.8. The molecule has 2 heterocycles. The number of nitrogens with one attached hydrogen (secondary N) is 3. The topological polar surface area (TPSA) is 95.2 Å². The van der Waals surface area contributed by atoms with Crippen LogP contribution >= 0.6 is 0 Å². The van der Waals surface area contributed by atoms with E-state index in [2.05, 4.69) is 28.1 Å². The summed E-state index contributed by atoms with van der Waals surface area (Å²) < 4.78 is 9.97. The molecule has 0 spiro atoms. The van der Waals surface area contributed by atoms with Gasteiger partial charge in [0, 0.05) is 56.4 Å². The van der Waals surface area contributed by atoms with E-state index >= 15 is 0 Å². The molecular weight excluding hydrogens is 422 g/mol. The zero-order valence-electron chi connectivity index (χ0n) is 19.0. The van der Waals surface area contributed by atoms with Gasteiger partial charge in [0.2, 0.25) is 0 Å². The van der Waals surface area contributed by atoms with E-state index in [4.69, 9.17) is 9.47 Å². The van der Waals surface area contributed by atoms with Gasteiger partial charge < -0.3 is 24.6 Å². The van der Waals surface area contributed by atoms with Crippen LogP contribution in [0.5, 0.6) is 5.75 Å². The first-order chi connectivity index (χ1) is 16.1. The summed E-state index contributed by atoms with van der Waals surface area (Å²) in [5.41, 5.74) is 2.83. The number of carbonyl (C=O) groups excluding carboxylic acids is 2. The number of piperazine rings is 1. The Morgan fingerprint density at radius 2 is 1.48 bits per heavy atom. The van der Waals surface area contributed by atoms with Crippen molar-refractivity contribution in [1.29, 1.82) is 0 Å². The van der Waals surface area contributed by atoms with Crippen LogP contribution in [0.2, 0.25) is 0 Å². The zero-order chi connectivity index (χ0) is 23.2. The molecule has 2 aromatic rings. The Balaban J connectivity index is 1.25. The molecule has 0 radical (unpaired) electrons. The Bertz CT molecular complexity index is 934. The van der Waals surface area contributed by atoms with Gasteiger partial charge in [-0.2, -0.15) is 0 Å². The van der Waals surface area contributed by atoms with E-state index in [0.717, 1.165) is 24.5 Å². The van der Waals surface area contributed by atoms with Crippen molar-refractivity contribution >= 4 is 17.7 Å². The van der Waals surface area contributed by atoms with E-state index in [-0.39, 0.29) is 18.3 Å². The Morgan fingerprint density at radius 3 is 2.06 bits per heavy atom. The number of ether oxygens (including phenoxy) is 2. The molecular formula is C24H31N5O4. The van der Waals surface area contributed by atoms with Crippen molar-refractivity contribution in [3.05, 3.63) is 59.7 Å². The first-order valence-electron chi connectivity index (χ1n) is 11.2. The second-order valence-corrected chi connectivity index (χ2v) is 8.19. The quantitative estimate of drug-likeness (QED) is 0.636. The second-order valence-electron chi connectivity index (χ2n) is 8.19. The lowest BCUT2D eigenvalue weighted by Crippen LogP contribution is -2.55. The number of anilines is 1. The number of rotatable bonds is 5. The molecule has 2 aliphatic rings. The molecule has 33 heavy (non-hydrogen) atoms. The van der Waals surface area contributed by atoms with Gasteiger partial charge in [-0.1, -0.05) is 12.1 Å². The summed E-state index contributed by atoms with van der Waals surface area (Å²) >= 11 is 0. The highest BCUT2D eigenvalue weighted by atomic mass is 16.5. The van der Waals surface area contributed by atoms with Crippen LogP contribution in [0.4, 0.5) is 10.5 Å². The molecule has 2 aliphatic heterocycles. The fourth-order valence-corrected chi connectivity index (χ4v) is 4.16. The minimum Gasteiger partial charge on any atom is -0.497 e. The van der Waals surface area contributed by atoms with Crippen LogP contribution in [0, 0.1) is 0 Å². The van der Waals surface area contributed by atoms with Crippen LogP contribution in [0.25, 0.3) is 0 Å². The minimum atomic E-state index is -0.349. The Kier molecular flexibility index (Phi) is 7.31. The van der Waals surface area contributed by atoms with Gasteiger partial charge in [0.15, 0.2) is 0 Å². The molecule has 3 N–H and O–H groups in total. The average molecular weight is 454 g/mol. The molecule has 9 heteroatoms. The third kappa shape index (κ3) is 5.55. The Hall–Kier alpha value is -3.30. The number of carbonyl (C=O) groups is 2. The van der Waals surface area contributed by atoms with Gasteiger partial charge in [-0.25, -0.2) is 4.79 Å². The van der Waals surface area contributed by atoms with E-state index in [1.54, 1.807) is 16.9 Å². The average Bonchev–Trinajstić information content (AvgIpc) is 2.89. The number of hydrogen-bond acceptors (Lipinski definition) is 7. The number of nitrogens with zero attached hydrogens (tertiary/aromatic N) is 2. The molecule has 2 saturated heterocycles. The summed E-state index contributed by atoms with van der Waals surface area (Å²) in [7, 11) is 3.04. The lowest BCUT2D eigenvalue weighted by molar-refractivity contribution is 0.0599. The standard InChI is InChI=1S/C24H31N5O4/c1-32-21-9-5-17(6-10-21)19-15-25-23(26-16-19)27-20-7-3-18(4-8-20)22(30)28-11-13-29(14-12-28)24(31)33-2/h3-10,19,23,25-27H,11-16H2,1-2H3. The van der Waals surface area contributed by atoms with Crippen molar-refractivity contribution in [2.75, 3.05) is 58.8 Å². The largest absolute Gasteiger partial charge is 0.497 e. The third-order valence-corrected chi connectivity index (χ3v) is 6.17. The van der Waals surface area contributed by atoms with Gasteiger partial charge in [0.1, 0.15) is 12.0 Å². The fourth-order valence-electron chi connectivity index (χ4n) is 4.16. The van der Waals surface area contributed by atoms with Gasteiger partial charge in [-0.15, -0.1) is 0 Å². The number of amides is 2. The number of benzene rings is 2. The van der Waals surface area contributed by atoms with Crippen molar-refractivity contribution in [3.63, 3.8) is 0 Å². The van der Waals surface area contributed by atoms with Crippen LogP contribution in [-0.2, 0) is 4.74 Å². The highest BCUT2D eigenvalue weighted by Crippen LogP contribution is 2.21. The minimum absolute atomic E-state index is 0.0256. The van der Waals surface area contributed by atoms with Gasteiger partial charge in [0.25, 0.3) is 5.91 Å². The van der Waals surface area contributed by atoms with Gasteiger partial charge >= 0.3 is 6.09 Å². The number of methoxy groups -OCH3 is 2. The Morgan fingerprint density at radius 1 is 0.879 bits per heavy atom. The smallest absolute Gasteiger partial charge is 0.409 e. The van der Waals surface area contributed by atoms with Crippen molar-refractivity contribution in [2.24, 2.45) is 0 Å². The SMILES string of the molecule is COC(=O)N1CCN(C(=O)c2ccc(NC3NCC(c4ccc(OC)cc4)CN3)cc2)CC1. The molecule has 176 valence electrons. The summed E-state index contributed by atoms with van der Waals surface area (Å²) in [6.07, 6.45) is -0.398. The van der Waals surface area contributed by atoms with Crippen molar-refractivity contribution in [2.45, 2.75) is 12.2 Å². The van der Waals surface area contributed by atoms with Crippen molar-refractivity contribution in [1.82, 2.24) is 20.4 Å². The molecule has 0 aromatic heterocycles. The maximum atomic E-state index is 12.8. The van der Waals surface area contributed by atoms with Crippen LogP contribution in [0.1, 0.15) is 21.8 Å². The third-order valence-electron chi connectivity index (χ3n) is 6.17. The molecule has 9 nitrogen and oxygen atoms in total. The summed E-state index contributed by atoms with van der Waals surface area (Å²) in [6.45, 7) is 3.66. The summed E-state index contributed by atoms with van der Waals surface area (Å²) in [5, 5.41) is 10.4. The molecule has 2 amide bonds. The molecule has 2 fully saturated rings. The van der Waals surface area contributed by atoms with E-state index in [1.165, 1.54) is 12.7 Å². The maximum absolute atomic E-state index is 12.8. The summed E-state index contributed by atoms with van der Waals surface area (Å²) in [5.74, 6) is 1.22. The first-order valence-corrected chi connectivity index (χ1v) is 11.2. The number of hydrogen-bond donors (Lipinski definition) is 3. The van der Waals surface area contributed by atoms with Crippen LogP contribution in [0.15, 0.2) is 48.5 Å². The monoisotopic (exact) mass is 453 g/mol. The van der Waals surface area contributed by atoms with Gasteiger partial charge in [-0.05, 0) is 42.0 Å². The van der Waals surface area contributed by atoms with Gasteiger partial charge in [-0.3, -0.25) is 15.4 Å². The van der Waals surface area contributed by atoms with Crippen molar-refractivity contribution in [3.8, 4) is 5.75 Å². The predicted octanol–water partition coefficient (Wildman–Crippen LogP) is 1.89. The highest BCUT2D eigenvalue weighted by molar-refractivity contribution is 5.94. The van der Waals surface area contributed by atoms with Crippen LogP contribution < -0.4 is 20.7 Å². The lowest BCUT2D eigenvalue weighted by atomic mass is 9.97. The molecule has 0 bridgehead atoms. The van der Waals surface area contributed by atoms with E-state index in [1.807, 2.05) is 36.4 Å². The zero-order valence-corrected chi connectivity index (χ0v) is 19.0. The summed E-state index contributed by atoms with van der Waals surface area (Å²) in [4.78, 5) is 27.8. The Labute approximate surface area is 194 Å². The first kappa shape index (κ1) is 22.9. The van der Waals surface area contributed by atoms with Gasteiger partial charge in [0.05, 0.1) is 14.2 Å². The lowest BCUT2D eigenvalue weighted by Gasteiger charge is -2.34. The van der Waals surface area contributed by atoms with E-state index < -0.39 is 0 Å². The summed E-state index contributed by atoms with van der Waals surface area (Å²) in [6, 6.07) is 15.7. The van der Waals surface area contributed by atoms with E-state index in [0.29, 0.717) is 37.7 Å². The van der Waals surface area contributed by atoms with Crippen molar-refractivity contribution < 1.29 is 19.1 Å². The second kappa shape index (κ2) is 10.5. The molecule has 0 unspecified atom stereocenters.